The van der Waals surface area contributed by atoms with Crippen LogP contribution < -0.4 is 10.6 Å². The van der Waals surface area contributed by atoms with E-state index >= 15 is 0 Å². The Hall–Kier alpha value is -2.38. The molecule has 116 valence electrons. The van der Waals surface area contributed by atoms with Gasteiger partial charge in [-0.2, -0.15) is 0 Å². The summed E-state index contributed by atoms with van der Waals surface area (Å²) in [5.41, 5.74) is -0.159. The summed E-state index contributed by atoms with van der Waals surface area (Å²) in [4.78, 5) is 28.5. The van der Waals surface area contributed by atoms with Crippen LogP contribution >= 0.6 is 0 Å². The Balaban J connectivity index is 3.00. The van der Waals surface area contributed by atoms with E-state index in [1.54, 1.807) is 18.9 Å². The van der Waals surface area contributed by atoms with Gasteiger partial charge in [-0.15, -0.1) is 0 Å². The van der Waals surface area contributed by atoms with Gasteiger partial charge in [0.25, 0.3) is 0 Å². The van der Waals surface area contributed by atoms with Crippen molar-refractivity contribution in [3.8, 4) is 0 Å². The lowest BCUT2D eigenvalue weighted by molar-refractivity contribution is -0.384. The summed E-state index contributed by atoms with van der Waals surface area (Å²) in [5, 5.41) is 16.7. The molecule has 0 spiro atoms. The number of nitrogens with zero attached hydrogens (tertiary/aromatic N) is 3. The van der Waals surface area contributed by atoms with Crippen LogP contribution in [0.2, 0.25) is 0 Å². The minimum Gasteiger partial charge on any atom is -0.373 e. The molecule has 0 aliphatic heterocycles. The number of carbonyl (C=O) groups excluding carboxylic acids is 1. The average molecular weight is 295 g/mol. The molecule has 0 fully saturated rings. The van der Waals surface area contributed by atoms with Crippen LogP contribution in [0.3, 0.4) is 0 Å². The predicted molar refractivity (Wildman–Crippen MR) is 81.5 cm³/mol. The second kappa shape index (κ2) is 7.41. The Morgan fingerprint density at radius 1 is 1.43 bits per heavy atom. The summed E-state index contributed by atoms with van der Waals surface area (Å²) in [6.45, 7) is 6.62. The van der Waals surface area contributed by atoms with Crippen LogP contribution in [0.5, 0.6) is 0 Å². The molecule has 2 N–H and O–H groups in total. The molecule has 1 unspecified atom stereocenters. The fourth-order valence-corrected chi connectivity index (χ4v) is 1.92. The molecule has 1 rings (SSSR count). The first-order valence-electron chi connectivity index (χ1n) is 6.83. The van der Waals surface area contributed by atoms with E-state index in [0.717, 1.165) is 0 Å². The zero-order valence-corrected chi connectivity index (χ0v) is 12.7. The Labute approximate surface area is 123 Å². The summed E-state index contributed by atoms with van der Waals surface area (Å²) in [7, 11) is 1.67. The van der Waals surface area contributed by atoms with Gasteiger partial charge in [0.05, 0.1) is 4.92 Å². The lowest BCUT2D eigenvalue weighted by Crippen LogP contribution is -2.41. The largest absolute Gasteiger partial charge is 0.373 e. The van der Waals surface area contributed by atoms with Crippen LogP contribution in [0.1, 0.15) is 20.8 Å². The number of aromatic nitrogens is 1. The van der Waals surface area contributed by atoms with Crippen LogP contribution in [0, 0.1) is 10.1 Å². The number of likely N-dealkylation sites (N-methyl/N-ethyl adjacent to an activating group) is 1. The van der Waals surface area contributed by atoms with Crippen LogP contribution in [-0.2, 0) is 4.79 Å². The second-order valence-electron chi connectivity index (χ2n) is 4.45. The molecule has 1 aromatic heterocycles. The molecule has 0 aliphatic rings. The van der Waals surface area contributed by atoms with E-state index in [2.05, 4.69) is 15.6 Å². The van der Waals surface area contributed by atoms with E-state index in [1.807, 2.05) is 13.8 Å². The minimum absolute atomic E-state index is 0.0832. The van der Waals surface area contributed by atoms with Gasteiger partial charge in [-0.3, -0.25) is 14.9 Å². The van der Waals surface area contributed by atoms with Crippen molar-refractivity contribution in [2.75, 3.05) is 30.8 Å². The van der Waals surface area contributed by atoms with Gasteiger partial charge in [-0.05, 0) is 26.8 Å². The molecule has 1 atom stereocenters. The number of hydrogen-bond donors (Lipinski definition) is 2. The topological polar surface area (TPSA) is 100 Å². The number of nitro groups is 1. The number of anilines is 2. The van der Waals surface area contributed by atoms with Gasteiger partial charge in [0, 0.05) is 26.2 Å². The average Bonchev–Trinajstić information content (AvgIpc) is 2.47. The maximum absolute atomic E-state index is 12.2. The number of rotatable bonds is 7. The maximum atomic E-state index is 12.2. The van der Waals surface area contributed by atoms with Gasteiger partial charge in [0.15, 0.2) is 0 Å². The van der Waals surface area contributed by atoms with Crippen molar-refractivity contribution in [1.29, 1.82) is 0 Å². The van der Waals surface area contributed by atoms with Crippen molar-refractivity contribution < 1.29 is 9.72 Å². The van der Waals surface area contributed by atoms with Crippen molar-refractivity contribution in [2.45, 2.75) is 26.8 Å². The van der Waals surface area contributed by atoms with E-state index in [-0.39, 0.29) is 17.4 Å². The van der Waals surface area contributed by atoms with Crippen molar-refractivity contribution in [3.63, 3.8) is 0 Å². The molecular formula is C13H21N5O3. The first-order chi connectivity index (χ1) is 9.94. The Morgan fingerprint density at radius 3 is 2.52 bits per heavy atom. The highest BCUT2D eigenvalue weighted by atomic mass is 16.6. The molecule has 1 amide bonds. The predicted octanol–water partition coefficient (Wildman–Crippen LogP) is 1.70. The quantitative estimate of drug-likeness (QED) is 0.586. The highest BCUT2D eigenvalue weighted by molar-refractivity contribution is 5.84. The number of hydrogen-bond acceptors (Lipinski definition) is 6. The van der Waals surface area contributed by atoms with E-state index < -0.39 is 11.0 Å². The van der Waals surface area contributed by atoms with Gasteiger partial charge >= 0.3 is 5.69 Å². The Bertz CT molecular complexity index is 517. The summed E-state index contributed by atoms with van der Waals surface area (Å²) in [6.07, 6.45) is 0. The third-order valence-electron chi connectivity index (χ3n) is 3.13. The van der Waals surface area contributed by atoms with E-state index in [9.17, 15) is 14.9 Å². The maximum Gasteiger partial charge on any atom is 0.311 e. The Morgan fingerprint density at radius 2 is 2.05 bits per heavy atom. The van der Waals surface area contributed by atoms with Crippen LogP contribution in [0.4, 0.5) is 17.3 Å². The number of carbonyl (C=O) groups is 1. The van der Waals surface area contributed by atoms with E-state index in [0.29, 0.717) is 18.9 Å². The van der Waals surface area contributed by atoms with Gasteiger partial charge in [0.2, 0.25) is 11.7 Å². The highest BCUT2D eigenvalue weighted by Crippen LogP contribution is 2.24. The smallest absolute Gasteiger partial charge is 0.311 e. The zero-order valence-electron chi connectivity index (χ0n) is 12.7. The molecule has 8 nitrogen and oxygen atoms in total. The SMILES string of the molecule is CCN(CC)C(=O)C(C)Nc1nc(NC)ccc1[N+](=O)[O-]. The van der Waals surface area contributed by atoms with Gasteiger partial charge in [-0.25, -0.2) is 4.98 Å². The molecule has 0 radical (unpaired) electrons. The fourth-order valence-electron chi connectivity index (χ4n) is 1.92. The fraction of sp³-hybridized carbons (Fsp3) is 0.538. The highest BCUT2D eigenvalue weighted by Gasteiger charge is 2.23. The lowest BCUT2D eigenvalue weighted by atomic mass is 10.2. The van der Waals surface area contributed by atoms with Gasteiger partial charge in [-0.1, -0.05) is 0 Å². The van der Waals surface area contributed by atoms with Crippen LogP contribution in [0.15, 0.2) is 12.1 Å². The normalized spacial score (nSPS) is 11.6. The lowest BCUT2D eigenvalue weighted by Gasteiger charge is -2.23. The van der Waals surface area contributed by atoms with Crippen molar-refractivity contribution in [2.24, 2.45) is 0 Å². The first-order valence-corrected chi connectivity index (χ1v) is 6.83. The van der Waals surface area contributed by atoms with Crippen molar-refractivity contribution in [1.82, 2.24) is 9.88 Å². The van der Waals surface area contributed by atoms with Crippen molar-refractivity contribution >= 4 is 23.2 Å². The molecule has 1 aromatic rings. The van der Waals surface area contributed by atoms with Crippen LogP contribution in [-0.4, -0.2) is 46.9 Å². The summed E-state index contributed by atoms with van der Waals surface area (Å²) < 4.78 is 0. The molecular weight excluding hydrogens is 274 g/mol. The first kappa shape index (κ1) is 16.7. The van der Waals surface area contributed by atoms with Crippen LogP contribution in [0.25, 0.3) is 0 Å². The minimum atomic E-state index is -0.594. The number of amides is 1. The molecule has 1 heterocycles. The molecule has 0 aliphatic carbocycles. The van der Waals surface area contributed by atoms with Crippen molar-refractivity contribution in [3.05, 3.63) is 22.2 Å². The summed E-state index contributed by atoms with van der Waals surface area (Å²) in [5.74, 6) is 0.455. The Kier molecular flexibility index (Phi) is 5.89. The molecule has 0 saturated heterocycles. The standard InChI is InChI=1S/C13H21N5O3/c1-5-17(6-2)13(19)9(3)15-12-10(18(20)21)7-8-11(14-4)16-12/h7-9H,5-6H2,1-4H3,(H2,14,15,16). The second-order valence-corrected chi connectivity index (χ2v) is 4.45. The monoisotopic (exact) mass is 295 g/mol. The number of pyridine rings is 1. The third kappa shape index (κ3) is 4.04. The van der Waals surface area contributed by atoms with E-state index in [1.165, 1.54) is 12.1 Å². The molecule has 8 heteroatoms. The molecule has 0 bridgehead atoms. The van der Waals surface area contributed by atoms with E-state index in [4.69, 9.17) is 0 Å². The third-order valence-corrected chi connectivity index (χ3v) is 3.13. The van der Waals surface area contributed by atoms with Gasteiger partial charge < -0.3 is 15.5 Å². The molecule has 0 saturated carbocycles. The van der Waals surface area contributed by atoms with Gasteiger partial charge in [0.1, 0.15) is 11.9 Å². The summed E-state index contributed by atoms with van der Waals surface area (Å²) >= 11 is 0. The zero-order chi connectivity index (χ0) is 16.0. The molecule has 0 aromatic carbocycles. The number of nitrogens with one attached hydrogen (secondary N) is 2. The molecule has 21 heavy (non-hydrogen) atoms. The summed E-state index contributed by atoms with van der Waals surface area (Å²) in [6, 6.07) is 2.28.